The first-order chi connectivity index (χ1) is 13.0. The second-order valence-electron chi connectivity index (χ2n) is 5.87. The summed E-state index contributed by atoms with van der Waals surface area (Å²) in [6.45, 7) is 0. The van der Waals surface area contributed by atoms with E-state index in [2.05, 4.69) is 9.97 Å². The number of nitrogens with zero attached hydrogens (tertiary/aromatic N) is 2. The Morgan fingerprint density at radius 3 is 2.30 bits per heavy atom. The molecule has 4 rings (SSSR count). The number of nitrogen functional groups attached to an aromatic ring is 1. The van der Waals surface area contributed by atoms with Crippen molar-refractivity contribution in [3.05, 3.63) is 75.6 Å². The summed E-state index contributed by atoms with van der Waals surface area (Å²) in [6, 6.07) is 12.9. The minimum absolute atomic E-state index is 0.273. The average molecular weight is 419 g/mol. The molecule has 0 aliphatic heterocycles. The molecular weight excluding hydrogens is 408 g/mol. The third-order valence-corrected chi connectivity index (χ3v) is 5.11. The van der Waals surface area contributed by atoms with Crippen LogP contribution in [-0.2, 0) is 0 Å². The number of aromatic nitrogens is 2. The predicted octanol–water partition coefficient (Wildman–Crippen LogP) is 6.65. The molecule has 0 unspecified atom stereocenters. The number of benzene rings is 2. The van der Waals surface area contributed by atoms with E-state index in [1.807, 2.05) is 0 Å². The summed E-state index contributed by atoms with van der Waals surface area (Å²) < 4.78 is 13.5. The van der Waals surface area contributed by atoms with Gasteiger partial charge in [-0.25, -0.2) is 9.37 Å². The number of halogens is 4. The second kappa shape index (κ2) is 6.97. The van der Waals surface area contributed by atoms with E-state index >= 15 is 0 Å². The Balaban J connectivity index is 2.08. The SMILES string of the molecule is Nc1cc(-c2ccc(F)cc2Cl)c2ccnc(-c3c(Cl)cccc3Cl)c2n1. The smallest absolute Gasteiger partial charge is 0.124 e. The van der Waals surface area contributed by atoms with Gasteiger partial charge in [-0.05, 0) is 48.0 Å². The molecule has 0 saturated carbocycles. The van der Waals surface area contributed by atoms with Gasteiger partial charge >= 0.3 is 0 Å². The molecule has 134 valence electrons. The summed E-state index contributed by atoms with van der Waals surface area (Å²) >= 11 is 19.0. The van der Waals surface area contributed by atoms with Crippen LogP contribution in [0.5, 0.6) is 0 Å². The van der Waals surface area contributed by atoms with E-state index in [1.54, 1.807) is 42.6 Å². The van der Waals surface area contributed by atoms with Crippen molar-refractivity contribution in [2.24, 2.45) is 0 Å². The molecule has 2 heterocycles. The van der Waals surface area contributed by atoms with E-state index in [-0.39, 0.29) is 10.8 Å². The van der Waals surface area contributed by atoms with Gasteiger partial charge in [0.25, 0.3) is 0 Å². The number of hydrogen-bond acceptors (Lipinski definition) is 3. The topological polar surface area (TPSA) is 51.8 Å². The van der Waals surface area contributed by atoms with E-state index < -0.39 is 5.82 Å². The molecule has 3 nitrogen and oxygen atoms in total. The standard InChI is InChI=1S/C20H11Cl3FN3/c21-14-2-1-3-15(22)18(14)20-19-12(6-7-26-20)13(9-17(25)27-19)11-5-4-10(24)8-16(11)23/h1-9H,(H2,25,27). The second-order valence-corrected chi connectivity index (χ2v) is 7.09. The Morgan fingerprint density at radius 2 is 1.59 bits per heavy atom. The van der Waals surface area contributed by atoms with Crippen molar-refractivity contribution in [2.75, 3.05) is 5.73 Å². The Labute approximate surface area is 169 Å². The van der Waals surface area contributed by atoms with Gasteiger partial charge in [-0.3, -0.25) is 4.98 Å². The minimum Gasteiger partial charge on any atom is -0.384 e. The third kappa shape index (κ3) is 3.21. The first-order valence-corrected chi connectivity index (χ1v) is 9.04. The van der Waals surface area contributed by atoms with Gasteiger partial charge in [0.1, 0.15) is 11.6 Å². The number of nitrogens with two attached hydrogens (primary N) is 1. The lowest BCUT2D eigenvalue weighted by atomic mass is 9.99. The Bertz CT molecular complexity index is 1170. The van der Waals surface area contributed by atoms with Crippen LogP contribution in [0.25, 0.3) is 33.3 Å². The van der Waals surface area contributed by atoms with Gasteiger partial charge in [-0.1, -0.05) is 40.9 Å². The lowest BCUT2D eigenvalue weighted by molar-refractivity contribution is 0.628. The van der Waals surface area contributed by atoms with Gasteiger partial charge in [0.15, 0.2) is 0 Å². The molecule has 4 aromatic rings. The van der Waals surface area contributed by atoms with E-state index in [0.29, 0.717) is 37.9 Å². The number of anilines is 1. The highest BCUT2D eigenvalue weighted by atomic mass is 35.5. The van der Waals surface area contributed by atoms with Crippen LogP contribution in [0.4, 0.5) is 10.2 Å². The molecule has 2 aromatic carbocycles. The summed E-state index contributed by atoms with van der Waals surface area (Å²) in [6.07, 6.45) is 1.64. The Morgan fingerprint density at radius 1 is 0.852 bits per heavy atom. The zero-order valence-corrected chi connectivity index (χ0v) is 15.9. The van der Waals surface area contributed by atoms with Gasteiger partial charge < -0.3 is 5.73 Å². The highest BCUT2D eigenvalue weighted by Gasteiger charge is 2.18. The van der Waals surface area contributed by atoms with Crippen molar-refractivity contribution >= 4 is 51.5 Å². The van der Waals surface area contributed by atoms with Crippen molar-refractivity contribution in [3.63, 3.8) is 0 Å². The van der Waals surface area contributed by atoms with Crippen LogP contribution in [-0.4, -0.2) is 9.97 Å². The van der Waals surface area contributed by atoms with Crippen molar-refractivity contribution < 1.29 is 4.39 Å². The maximum absolute atomic E-state index is 13.5. The number of fused-ring (bicyclic) bond motifs is 1. The molecule has 0 aliphatic rings. The fourth-order valence-corrected chi connectivity index (χ4v) is 3.85. The van der Waals surface area contributed by atoms with Crippen LogP contribution >= 0.6 is 34.8 Å². The maximum Gasteiger partial charge on any atom is 0.124 e. The fraction of sp³-hybridized carbons (Fsp3) is 0. The number of rotatable bonds is 2. The zero-order valence-electron chi connectivity index (χ0n) is 13.7. The van der Waals surface area contributed by atoms with Crippen molar-refractivity contribution in [2.45, 2.75) is 0 Å². The molecule has 0 saturated heterocycles. The average Bonchev–Trinajstić information content (AvgIpc) is 2.61. The van der Waals surface area contributed by atoms with Gasteiger partial charge in [-0.15, -0.1) is 0 Å². The highest BCUT2D eigenvalue weighted by molar-refractivity contribution is 6.39. The van der Waals surface area contributed by atoms with E-state index in [9.17, 15) is 4.39 Å². The molecule has 0 radical (unpaired) electrons. The first kappa shape index (κ1) is 18.0. The van der Waals surface area contributed by atoms with Crippen LogP contribution < -0.4 is 5.73 Å². The first-order valence-electron chi connectivity index (χ1n) is 7.91. The van der Waals surface area contributed by atoms with Crippen molar-refractivity contribution in [1.82, 2.24) is 9.97 Å². The third-order valence-electron chi connectivity index (χ3n) is 4.17. The summed E-state index contributed by atoms with van der Waals surface area (Å²) in [5.74, 6) is -0.143. The largest absolute Gasteiger partial charge is 0.384 e. The molecule has 7 heteroatoms. The van der Waals surface area contributed by atoms with Crippen molar-refractivity contribution in [3.8, 4) is 22.4 Å². The van der Waals surface area contributed by atoms with Gasteiger partial charge in [-0.2, -0.15) is 0 Å². The zero-order chi connectivity index (χ0) is 19.1. The molecule has 0 atom stereocenters. The summed E-state index contributed by atoms with van der Waals surface area (Å²) in [5, 5.41) is 1.93. The molecule has 0 aliphatic carbocycles. The molecule has 0 bridgehead atoms. The van der Waals surface area contributed by atoms with Crippen LogP contribution in [0.15, 0.2) is 54.7 Å². The normalized spacial score (nSPS) is 11.1. The molecule has 0 spiro atoms. The van der Waals surface area contributed by atoms with Crippen LogP contribution in [0.2, 0.25) is 15.1 Å². The lowest BCUT2D eigenvalue weighted by Gasteiger charge is -2.13. The quantitative estimate of drug-likeness (QED) is 0.397. The molecule has 0 amide bonds. The van der Waals surface area contributed by atoms with E-state index in [0.717, 1.165) is 5.39 Å². The molecule has 27 heavy (non-hydrogen) atoms. The highest BCUT2D eigenvalue weighted by Crippen LogP contribution is 2.40. The van der Waals surface area contributed by atoms with Crippen LogP contribution in [0, 0.1) is 5.82 Å². The molecule has 2 aromatic heterocycles. The van der Waals surface area contributed by atoms with Crippen LogP contribution in [0.3, 0.4) is 0 Å². The Kier molecular flexibility index (Phi) is 4.64. The predicted molar refractivity (Wildman–Crippen MR) is 110 cm³/mol. The van der Waals surface area contributed by atoms with Gasteiger partial charge in [0.05, 0.1) is 26.3 Å². The summed E-state index contributed by atoms with van der Waals surface area (Å²) in [7, 11) is 0. The lowest BCUT2D eigenvalue weighted by Crippen LogP contribution is -1.97. The molecule has 0 fully saturated rings. The summed E-state index contributed by atoms with van der Waals surface area (Å²) in [5.41, 5.74) is 9.01. The molecule has 2 N–H and O–H groups in total. The van der Waals surface area contributed by atoms with E-state index in [1.165, 1.54) is 12.1 Å². The van der Waals surface area contributed by atoms with Gasteiger partial charge in [0, 0.05) is 22.7 Å². The molecular formula is C20H11Cl3FN3. The monoisotopic (exact) mass is 417 g/mol. The van der Waals surface area contributed by atoms with Crippen molar-refractivity contribution in [1.29, 1.82) is 0 Å². The summed E-state index contributed by atoms with van der Waals surface area (Å²) in [4.78, 5) is 8.88. The Hall–Kier alpha value is -2.40. The maximum atomic E-state index is 13.5. The fourth-order valence-electron chi connectivity index (χ4n) is 3.01. The van der Waals surface area contributed by atoms with E-state index in [4.69, 9.17) is 40.5 Å². The van der Waals surface area contributed by atoms with Gasteiger partial charge in [0.2, 0.25) is 0 Å². The number of hydrogen-bond donors (Lipinski definition) is 1. The van der Waals surface area contributed by atoms with Crippen LogP contribution in [0.1, 0.15) is 0 Å². The number of pyridine rings is 2. The minimum atomic E-state index is -0.416.